The summed E-state index contributed by atoms with van der Waals surface area (Å²) in [5.41, 5.74) is 2.60. The van der Waals surface area contributed by atoms with Crippen LogP contribution in [0.5, 0.6) is 0 Å². The molecule has 3 rings (SSSR count). The molecule has 1 aromatic carbocycles. The fourth-order valence-corrected chi connectivity index (χ4v) is 2.19. The Hall–Kier alpha value is -2.14. The number of nitrogens with zero attached hydrogens (tertiary/aromatic N) is 1. The van der Waals surface area contributed by atoms with Crippen molar-refractivity contribution in [2.24, 2.45) is 0 Å². The maximum Gasteiger partial charge on any atom is 0.123 e. The molecule has 1 atom stereocenters. The van der Waals surface area contributed by atoms with Crippen LogP contribution in [-0.2, 0) is 5.41 Å². The Labute approximate surface area is 93.0 Å². The molecule has 2 aromatic rings. The van der Waals surface area contributed by atoms with Gasteiger partial charge in [-0.2, -0.15) is 0 Å². The average molecular weight is 209 g/mol. The van der Waals surface area contributed by atoms with Crippen molar-refractivity contribution < 1.29 is 4.39 Å². The molecule has 1 unspecified atom stereocenters. The third kappa shape index (κ3) is 0.976. The van der Waals surface area contributed by atoms with Crippen molar-refractivity contribution in [2.75, 3.05) is 0 Å². The lowest BCUT2D eigenvalue weighted by Gasteiger charge is -2.08. The van der Waals surface area contributed by atoms with Crippen molar-refractivity contribution >= 4 is 0 Å². The average Bonchev–Trinajstić information content (AvgIpc) is 3.00. The molecule has 1 aliphatic rings. The van der Waals surface area contributed by atoms with Gasteiger partial charge in [0.2, 0.25) is 0 Å². The molecule has 0 amide bonds. The van der Waals surface area contributed by atoms with Gasteiger partial charge in [-0.3, -0.25) is 4.98 Å². The summed E-state index contributed by atoms with van der Waals surface area (Å²) in [6.45, 7) is 0. The fourth-order valence-electron chi connectivity index (χ4n) is 2.19. The number of halogens is 1. The highest BCUT2D eigenvalue weighted by Gasteiger charge is 2.50. The van der Waals surface area contributed by atoms with Gasteiger partial charge in [-0.15, -0.1) is 6.42 Å². The van der Waals surface area contributed by atoms with E-state index < -0.39 is 5.41 Å². The van der Waals surface area contributed by atoms with Gasteiger partial charge >= 0.3 is 0 Å². The minimum Gasteiger partial charge on any atom is -0.264 e. The first-order valence-corrected chi connectivity index (χ1v) is 4.98. The van der Waals surface area contributed by atoms with E-state index in [4.69, 9.17) is 6.42 Å². The highest BCUT2D eigenvalue weighted by atomic mass is 19.1. The maximum atomic E-state index is 12.9. The van der Waals surface area contributed by atoms with Crippen molar-refractivity contribution in [3.8, 4) is 12.3 Å². The third-order valence-corrected chi connectivity index (χ3v) is 3.06. The van der Waals surface area contributed by atoms with Crippen molar-refractivity contribution in [1.29, 1.82) is 0 Å². The Balaban J connectivity index is 2.15. The van der Waals surface area contributed by atoms with E-state index in [1.165, 1.54) is 12.1 Å². The van der Waals surface area contributed by atoms with E-state index in [9.17, 15) is 4.39 Å². The van der Waals surface area contributed by atoms with E-state index in [1.807, 2.05) is 6.07 Å². The Morgan fingerprint density at radius 2 is 1.88 bits per heavy atom. The molecule has 2 heteroatoms. The zero-order valence-electron chi connectivity index (χ0n) is 8.44. The second kappa shape index (κ2) is 2.93. The minimum absolute atomic E-state index is 0.251. The number of hydrogen-bond donors (Lipinski definition) is 0. The third-order valence-electron chi connectivity index (χ3n) is 3.06. The van der Waals surface area contributed by atoms with Gasteiger partial charge < -0.3 is 0 Å². The second-order valence-corrected chi connectivity index (χ2v) is 3.82. The molecule has 0 aliphatic heterocycles. The predicted molar refractivity (Wildman–Crippen MR) is 59.4 cm³/mol. The monoisotopic (exact) mass is 209 g/mol. The van der Waals surface area contributed by atoms with Crippen molar-refractivity contribution in [3.63, 3.8) is 0 Å². The minimum atomic E-state index is -0.468. The summed E-state index contributed by atoms with van der Waals surface area (Å²) in [7, 11) is 0. The topological polar surface area (TPSA) is 12.9 Å². The largest absolute Gasteiger partial charge is 0.264 e. The van der Waals surface area contributed by atoms with Gasteiger partial charge in [0.15, 0.2) is 0 Å². The molecule has 0 fully saturated rings. The molecule has 1 aromatic heterocycles. The van der Waals surface area contributed by atoms with Crippen LogP contribution < -0.4 is 0 Å². The summed E-state index contributed by atoms with van der Waals surface area (Å²) in [5, 5.41) is 0. The van der Waals surface area contributed by atoms with Gasteiger partial charge in [-0.1, -0.05) is 18.1 Å². The molecule has 76 valence electrons. The molecule has 1 nitrogen and oxygen atoms in total. The van der Waals surface area contributed by atoms with Gasteiger partial charge in [0.1, 0.15) is 11.2 Å². The van der Waals surface area contributed by atoms with Crippen LogP contribution in [0.25, 0.3) is 0 Å². The van der Waals surface area contributed by atoms with Crippen LogP contribution in [0.15, 0.2) is 42.7 Å². The summed E-state index contributed by atoms with van der Waals surface area (Å²) >= 11 is 0. The van der Waals surface area contributed by atoms with Crippen LogP contribution >= 0.6 is 0 Å². The van der Waals surface area contributed by atoms with Crippen molar-refractivity contribution in [2.45, 2.75) is 5.41 Å². The lowest BCUT2D eigenvalue weighted by molar-refractivity contribution is 0.626. The maximum absolute atomic E-state index is 12.9. The SMILES string of the molecule is C#CC1(c2ccc(F)cc2)c2ccncc21. The summed E-state index contributed by atoms with van der Waals surface area (Å²) in [6, 6.07) is 8.24. The van der Waals surface area contributed by atoms with E-state index in [0.717, 1.165) is 16.7 Å². The van der Waals surface area contributed by atoms with E-state index >= 15 is 0 Å². The van der Waals surface area contributed by atoms with Crippen LogP contribution in [0, 0.1) is 18.2 Å². The molecular weight excluding hydrogens is 201 g/mol. The molecule has 0 spiro atoms. The van der Waals surface area contributed by atoms with Gasteiger partial charge in [-0.05, 0) is 29.3 Å². The number of rotatable bonds is 1. The number of hydrogen-bond acceptors (Lipinski definition) is 1. The second-order valence-electron chi connectivity index (χ2n) is 3.82. The molecule has 0 saturated carbocycles. The Bertz CT molecular complexity index is 570. The predicted octanol–water partition coefficient (Wildman–Crippen LogP) is 2.50. The fraction of sp³-hybridized carbons (Fsp3) is 0.0714. The molecule has 1 aliphatic carbocycles. The van der Waals surface area contributed by atoms with E-state index in [1.54, 1.807) is 24.5 Å². The zero-order valence-corrected chi connectivity index (χ0v) is 8.44. The van der Waals surface area contributed by atoms with Crippen LogP contribution in [0.2, 0.25) is 0 Å². The first-order valence-electron chi connectivity index (χ1n) is 4.98. The molecular formula is C14H8FN. The summed E-state index contributed by atoms with van der Waals surface area (Å²) in [5.74, 6) is 2.54. The lowest BCUT2D eigenvalue weighted by atomic mass is 9.92. The van der Waals surface area contributed by atoms with Gasteiger partial charge in [0.25, 0.3) is 0 Å². The number of pyridine rings is 1. The van der Waals surface area contributed by atoms with Crippen LogP contribution in [-0.4, -0.2) is 4.98 Å². The molecule has 0 saturated heterocycles. The number of fused-ring (bicyclic) bond motifs is 1. The van der Waals surface area contributed by atoms with Gasteiger partial charge in [0.05, 0.1) is 0 Å². The van der Waals surface area contributed by atoms with Crippen molar-refractivity contribution in [1.82, 2.24) is 4.98 Å². The smallest absolute Gasteiger partial charge is 0.123 e. The van der Waals surface area contributed by atoms with Gasteiger partial charge in [0, 0.05) is 18.0 Å². The summed E-state index contributed by atoms with van der Waals surface area (Å²) in [6.07, 6.45) is 9.12. The molecule has 0 radical (unpaired) electrons. The van der Waals surface area contributed by atoms with Crippen LogP contribution in [0.4, 0.5) is 4.39 Å². The van der Waals surface area contributed by atoms with Crippen LogP contribution in [0.1, 0.15) is 16.7 Å². The highest BCUT2D eigenvalue weighted by Crippen LogP contribution is 2.53. The number of terminal acetylenes is 1. The Morgan fingerprint density at radius 1 is 1.12 bits per heavy atom. The Morgan fingerprint density at radius 3 is 2.44 bits per heavy atom. The van der Waals surface area contributed by atoms with Crippen molar-refractivity contribution in [3.05, 3.63) is 65.2 Å². The molecule has 16 heavy (non-hydrogen) atoms. The van der Waals surface area contributed by atoms with E-state index in [-0.39, 0.29) is 5.82 Å². The number of aromatic nitrogens is 1. The quantitative estimate of drug-likeness (QED) is 0.657. The lowest BCUT2D eigenvalue weighted by Crippen LogP contribution is -2.06. The zero-order chi connectivity index (χ0) is 11.2. The first kappa shape index (κ1) is 9.11. The molecule has 1 heterocycles. The number of benzene rings is 1. The van der Waals surface area contributed by atoms with Crippen LogP contribution in [0.3, 0.4) is 0 Å². The molecule has 0 N–H and O–H groups in total. The highest BCUT2D eigenvalue weighted by molar-refractivity contribution is 5.72. The normalized spacial score (nSPS) is 21.0. The Kier molecular flexibility index (Phi) is 1.67. The molecule has 0 bridgehead atoms. The summed E-state index contributed by atoms with van der Waals surface area (Å²) in [4.78, 5) is 4.05. The van der Waals surface area contributed by atoms with E-state index in [2.05, 4.69) is 10.9 Å². The first-order chi connectivity index (χ1) is 7.79. The van der Waals surface area contributed by atoms with E-state index in [0.29, 0.717) is 0 Å². The summed E-state index contributed by atoms with van der Waals surface area (Å²) < 4.78 is 12.9. The standard InChI is InChI=1S/C14H8FN/c1-2-14(10-3-5-11(15)6-4-10)12-7-8-16-9-13(12)14/h1,3-9H. The van der Waals surface area contributed by atoms with Gasteiger partial charge in [-0.25, -0.2) is 4.39 Å².